The molecular formula is C12H16N4S. The van der Waals surface area contributed by atoms with E-state index in [1.807, 2.05) is 42.7 Å². The Morgan fingerprint density at radius 1 is 1.29 bits per heavy atom. The summed E-state index contributed by atoms with van der Waals surface area (Å²) in [6.45, 7) is 2.10. The van der Waals surface area contributed by atoms with E-state index in [-0.39, 0.29) is 6.04 Å². The highest BCUT2D eigenvalue weighted by Gasteiger charge is 2.11. The molecule has 0 aliphatic rings. The van der Waals surface area contributed by atoms with Crippen LogP contribution < -0.4 is 10.2 Å². The van der Waals surface area contributed by atoms with Gasteiger partial charge in [0, 0.05) is 31.9 Å². The number of pyridine rings is 1. The lowest BCUT2D eigenvalue weighted by Gasteiger charge is -2.19. The quantitative estimate of drug-likeness (QED) is 0.903. The number of thiazole rings is 1. The highest BCUT2D eigenvalue weighted by molar-refractivity contribution is 7.09. The fraction of sp³-hybridized carbons (Fsp3) is 0.333. The molecule has 0 fully saturated rings. The number of hydrogen-bond acceptors (Lipinski definition) is 5. The third kappa shape index (κ3) is 2.74. The van der Waals surface area contributed by atoms with Gasteiger partial charge in [-0.25, -0.2) is 9.97 Å². The van der Waals surface area contributed by atoms with E-state index in [9.17, 15) is 0 Å². The summed E-state index contributed by atoms with van der Waals surface area (Å²) in [7, 11) is 3.98. The molecule has 1 atom stereocenters. The third-order valence-corrected chi connectivity index (χ3v) is 3.36. The number of hydrogen-bond donors (Lipinski definition) is 1. The van der Waals surface area contributed by atoms with Crippen LogP contribution in [0, 0.1) is 0 Å². The van der Waals surface area contributed by atoms with Crippen molar-refractivity contribution < 1.29 is 0 Å². The Labute approximate surface area is 105 Å². The standard InChI is InChI=1S/C12H16N4S/c1-9(12-14-7-8-17-12)15-10-5-4-6-13-11(10)16(2)3/h4-9,15H,1-3H3. The number of nitrogens with one attached hydrogen (secondary N) is 1. The van der Waals surface area contributed by atoms with Crippen LogP contribution >= 0.6 is 11.3 Å². The van der Waals surface area contributed by atoms with Crippen LogP contribution in [-0.2, 0) is 0 Å². The first-order chi connectivity index (χ1) is 8.18. The lowest BCUT2D eigenvalue weighted by Crippen LogP contribution is -2.15. The summed E-state index contributed by atoms with van der Waals surface area (Å²) in [6, 6.07) is 4.16. The molecule has 0 radical (unpaired) electrons. The van der Waals surface area contributed by atoms with Crippen LogP contribution in [0.5, 0.6) is 0 Å². The molecule has 0 bridgehead atoms. The zero-order valence-electron chi connectivity index (χ0n) is 10.2. The summed E-state index contributed by atoms with van der Waals surface area (Å²) in [5.41, 5.74) is 1.03. The second-order valence-electron chi connectivity index (χ2n) is 4.01. The predicted molar refractivity (Wildman–Crippen MR) is 72.7 cm³/mol. The average molecular weight is 248 g/mol. The molecule has 4 nitrogen and oxygen atoms in total. The van der Waals surface area contributed by atoms with E-state index in [1.54, 1.807) is 17.5 Å². The van der Waals surface area contributed by atoms with E-state index in [0.717, 1.165) is 16.5 Å². The number of anilines is 2. The molecule has 0 saturated carbocycles. The Hall–Kier alpha value is -1.62. The van der Waals surface area contributed by atoms with Crippen molar-refractivity contribution in [3.05, 3.63) is 34.9 Å². The van der Waals surface area contributed by atoms with E-state index in [4.69, 9.17) is 0 Å². The maximum Gasteiger partial charge on any atom is 0.151 e. The topological polar surface area (TPSA) is 41.1 Å². The van der Waals surface area contributed by atoms with Crippen LogP contribution in [0.2, 0.25) is 0 Å². The molecule has 0 amide bonds. The van der Waals surface area contributed by atoms with Gasteiger partial charge in [0.1, 0.15) is 5.01 Å². The number of rotatable bonds is 4. The Kier molecular flexibility index (Phi) is 3.58. The molecule has 2 aromatic heterocycles. The van der Waals surface area contributed by atoms with E-state index in [2.05, 4.69) is 22.2 Å². The molecule has 17 heavy (non-hydrogen) atoms. The lowest BCUT2D eigenvalue weighted by molar-refractivity contribution is 0.865. The van der Waals surface area contributed by atoms with Gasteiger partial charge in [-0.3, -0.25) is 0 Å². The molecule has 2 rings (SSSR count). The van der Waals surface area contributed by atoms with Crippen LogP contribution in [0.4, 0.5) is 11.5 Å². The van der Waals surface area contributed by atoms with Gasteiger partial charge in [0.15, 0.2) is 5.82 Å². The molecule has 0 aliphatic carbocycles. The van der Waals surface area contributed by atoms with Crippen LogP contribution in [0.15, 0.2) is 29.9 Å². The first-order valence-corrected chi connectivity index (χ1v) is 6.34. The number of aromatic nitrogens is 2. The Balaban J connectivity index is 2.18. The minimum Gasteiger partial charge on any atom is -0.373 e. The minimum absolute atomic E-state index is 0.192. The second-order valence-corrected chi connectivity index (χ2v) is 4.93. The zero-order chi connectivity index (χ0) is 12.3. The van der Waals surface area contributed by atoms with Crippen molar-refractivity contribution in [2.75, 3.05) is 24.3 Å². The molecule has 1 unspecified atom stereocenters. The molecule has 2 heterocycles. The molecule has 5 heteroatoms. The smallest absolute Gasteiger partial charge is 0.151 e. The van der Waals surface area contributed by atoms with E-state index < -0.39 is 0 Å². The summed E-state index contributed by atoms with van der Waals surface area (Å²) in [5.74, 6) is 0.941. The summed E-state index contributed by atoms with van der Waals surface area (Å²) in [6.07, 6.45) is 3.63. The largest absolute Gasteiger partial charge is 0.373 e. The average Bonchev–Trinajstić information content (AvgIpc) is 2.83. The van der Waals surface area contributed by atoms with Gasteiger partial charge in [-0.1, -0.05) is 0 Å². The van der Waals surface area contributed by atoms with Gasteiger partial charge < -0.3 is 10.2 Å². The molecule has 0 aromatic carbocycles. The molecule has 0 spiro atoms. The minimum atomic E-state index is 0.192. The van der Waals surface area contributed by atoms with Crippen LogP contribution in [0.1, 0.15) is 18.0 Å². The van der Waals surface area contributed by atoms with Gasteiger partial charge in [0.25, 0.3) is 0 Å². The Bertz CT molecular complexity index is 467. The van der Waals surface area contributed by atoms with E-state index in [1.165, 1.54) is 0 Å². The van der Waals surface area contributed by atoms with Crippen molar-refractivity contribution in [3.63, 3.8) is 0 Å². The fourth-order valence-electron chi connectivity index (χ4n) is 1.61. The first kappa shape index (κ1) is 11.9. The van der Waals surface area contributed by atoms with Gasteiger partial charge >= 0.3 is 0 Å². The SMILES string of the molecule is CC(Nc1cccnc1N(C)C)c1nccs1. The summed E-state index contributed by atoms with van der Waals surface area (Å²) in [4.78, 5) is 10.7. The summed E-state index contributed by atoms with van der Waals surface area (Å²) >= 11 is 1.66. The first-order valence-electron chi connectivity index (χ1n) is 5.46. The maximum atomic E-state index is 4.36. The molecule has 0 saturated heterocycles. The van der Waals surface area contributed by atoms with Crippen molar-refractivity contribution in [1.29, 1.82) is 0 Å². The van der Waals surface area contributed by atoms with Crippen LogP contribution in [0.25, 0.3) is 0 Å². The Morgan fingerprint density at radius 2 is 2.12 bits per heavy atom. The van der Waals surface area contributed by atoms with Gasteiger partial charge in [0.2, 0.25) is 0 Å². The van der Waals surface area contributed by atoms with Crippen molar-refractivity contribution in [2.45, 2.75) is 13.0 Å². The van der Waals surface area contributed by atoms with Crippen LogP contribution in [-0.4, -0.2) is 24.1 Å². The molecule has 90 valence electrons. The second kappa shape index (κ2) is 5.14. The van der Waals surface area contributed by atoms with Crippen molar-refractivity contribution in [1.82, 2.24) is 9.97 Å². The maximum absolute atomic E-state index is 4.36. The fourth-order valence-corrected chi connectivity index (χ4v) is 2.26. The monoisotopic (exact) mass is 248 g/mol. The molecular weight excluding hydrogens is 232 g/mol. The van der Waals surface area contributed by atoms with Gasteiger partial charge in [-0.2, -0.15) is 0 Å². The lowest BCUT2D eigenvalue weighted by atomic mass is 10.3. The highest BCUT2D eigenvalue weighted by Crippen LogP contribution is 2.26. The predicted octanol–water partition coefficient (Wildman–Crippen LogP) is 2.78. The molecule has 2 aromatic rings. The van der Waals surface area contributed by atoms with Crippen LogP contribution in [0.3, 0.4) is 0 Å². The molecule has 0 aliphatic heterocycles. The summed E-state index contributed by atoms with van der Waals surface area (Å²) < 4.78 is 0. The van der Waals surface area contributed by atoms with Crippen molar-refractivity contribution >= 4 is 22.8 Å². The van der Waals surface area contributed by atoms with Crippen molar-refractivity contribution in [3.8, 4) is 0 Å². The Morgan fingerprint density at radius 3 is 2.76 bits per heavy atom. The normalized spacial score (nSPS) is 12.2. The van der Waals surface area contributed by atoms with Gasteiger partial charge in [-0.05, 0) is 19.1 Å². The van der Waals surface area contributed by atoms with Crippen molar-refractivity contribution in [2.24, 2.45) is 0 Å². The summed E-state index contributed by atoms with van der Waals surface area (Å²) in [5, 5.41) is 6.51. The molecule has 1 N–H and O–H groups in total. The third-order valence-electron chi connectivity index (χ3n) is 2.40. The highest BCUT2D eigenvalue weighted by atomic mass is 32.1. The zero-order valence-corrected chi connectivity index (χ0v) is 11.0. The van der Waals surface area contributed by atoms with Gasteiger partial charge in [-0.15, -0.1) is 11.3 Å². The van der Waals surface area contributed by atoms with E-state index >= 15 is 0 Å². The number of nitrogens with zero attached hydrogens (tertiary/aromatic N) is 3. The van der Waals surface area contributed by atoms with Gasteiger partial charge in [0.05, 0.1) is 11.7 Å². The van der Waals surface area contributed by atoms with E-state index in [0.29, 0.717) is 0 Å².